The zero-order valence-corrected chi connectivity index (χ0v) is 12.4. The van der Waals surface area contributed by atoms with Crippen molar-refractivity contribution in [1.29, 1.82) is 0 Å². The number of aryl methyl sites for hydroxylation is 1. The molecule has 0 atom stereocenters. The largest absolute Gasteiger partial charge is 0.457 e. The highest BCUT2D eigenvalue weighted by molar-refractivity contribution is 5.89. The predicted molar refractivity (Wildman–Crippen MR) is 82.7 cm³/mol. The Morgan fingerprint density at radius 3 is 2.25 bits per heavy atom. The fraction of sp³-hybridized carbons (Fsp3) is 0.278. The number of carbonyl (C=O) groups is 1. The first kappa shape index (κ1) is 16.0. The van der Waals surface area contributed by atoms with Crippen LogP contribution in [-0.4, -0.2) is 5.97 Å². The van der Waals surface area contributed by atoms with Crippen molar-refractivity contribution >= 4 is 5.97 Å². The van der Waals surface area contributed by atoms with Crippen molar-refractivity contribution in [1.82, 2.24) is 0 Å². The third-order valence-electron chi connectivity index (χ3n) is 2.78. The first-order chi connectivity index (χ1) is 9.79. The maximum Gasteiger partial charge on any atom is 0.338 e. The van der Waals surface area contributed by atoms with E-state index in [4.69, 9.17) is 4.74 Å². The van der Waals surface area contributed by atoms with Gasteiger partial charge in [0.1, 0.15) is 6.61 Å². The summed E-state index contributed by atoms with van der Waals surface area (Å²) in [5.41, 5.74) is 2.76. The molecule has 0 heterocycles. The topological polar surface area (TPSA) is 26.3 Å². The summed E-state index contributed by atoms with van der Waals surface area (Å²) < 4.78 is 5.27. The quantitative estimate of drug-likeness (QED) is 0.757. The van der Waals surface area contributed by atoms with Gasteiger partial charge in [0.2, 0.25) is 0 Å². The summed E-state index contributed by atoms with van der Waals surface area (Å²) in [6, 6.07) is 17.2. The zero-order chi connectivity index (χ0) is 14.8. The van der Waals surface area contributed by atoms with E-state index in [1.54, 1.807) is 6.07 Å². The third-order valence-corrected chi connectivity index (χ3v) is 2.78. The van der Waals surface area contributed by atoms with Gasteiger partial charge in [0.05, 0.1) is 5.56 Å². The van der Waals surface area contributed by atoms with E-state index < -0.39 is 0 Å². The lowest BCUT2D eigenvalue weighted by atomic mass is 10.1. The second-order valence-electron chi connectivity index (χ2n) is 4.12. The van der Waals surface area contributed by atoms with E-state index in [-0.39, 0.29) is 5.97 Å². The van der Waals surface area contributed by atoms with Crippen LogP contribution in [0.2, 0.25) is 0 Å². The summed E-state index contributed by atoms with van der Waals surface area (Å²) in [7, 11) is 0. The first-order valence-electron chi connectivity index (χ1n) is 7.09. The van der Waals surface area contributed by atoms with Gasteiger partial charge in [0.15, 0.2) is 0 Å². The third kappa shape index (κ3) is 4.88. The summed E-state index contributed by atoms with van der Waals surface area (Å²) in [5.74, 6) is -0.269. The maximum atomic E-state index is 11.9. The van der Waals surface area contributed by atoms with Crippen molar-refractivity contribution in [3.63, 3.8) is 0 Å². The molecule has 0 amide bonds. The number of carbonyl (C=O) groups excluding carboxylic acids is 1. The van der Waals surface area contributed by atoms with Crippen LogP contribution in [0.1, 0.15) is 42.3 Å². The molecule has 20 heavy (non-hydrogen) atoms. The maximum absolute atomic E-state index is 11.9. The molecular weight excluding hydrogens is 248 g/mol. The smallest absolute Gasteiger partial charge is 0.338 e. The standard InChI is InChI=1S/C16H16O2.C2H6/c1-2-13-9-6-10-15(11-13)16(17)18-12-14-7-4-3-5-8-14;1-2/h3-11H,2,12H2,1H3;1-2H3. The Morgan fingerprint density at radius 2 is 1.60 bits per heavy atom. The lowest BCUT2D eigenvalue weighted by molar-refractivity contribution is 0.0472. The van der Waals surface area contributed by atoms with Crippen molar-refractivity contribution < 1.29 is 9.53 Å². The van der Waals surface area contributed by atoms with E-state index in [0.717, 1.165) is 17.5 Å². The minimum atomic E-state index is -0.269. The molecule has 2 aromatic carbocycles. The Morgan fingerprint density at radius 1 is 0.950 bits per heavy atom. The average Bonchev–Trinajstić information content (AvgIpc) is 2.55. The van der Waals surface area contributed by atoms with Gasteiger partial charge in [-0.25, -0.2) is 4.79 Å². The molecule has 0 aromatic heterocycles. The van der Waals surface area contributed by atoms with Crippen LogP contribution in [0.25, 0.3) is 0 Å². The van der Waals surface area contributed by atoms with Crippen LogP contribution >= 0.6 is 0 Å². The first-order valence-corrected chi connectivity index (χ1v) is 7.09. The summed E-state index contributed by atoms with van der Waals surface area (Å²) in [5, 5.41) is 0. The zero-order valence-electron chi connectivity index (χ0n) is 12.4. The van der Waals surface area contributed by atoms with E-state index in [9.17, 15) is 4.79 Å². The molecule has 2 nitrogen and oxygen atoms in total. The van der Waals surface area contributed by atoms with E-state index in [1.165, 1.54) is 0 Å². The molecule has 0 saturated heterocycles. The molecule has 0 unspecified atom stereocenters. The molecule has 2 heteroatoms. The molecule has 0 N–H and O–H groups in total. The SMILES string of the molecule is CC.CCc1cccc(C(=O)OCc2ccccc2)c1. The number of hydrogen-bond acceptors (Lipinski definition) is 2. The minimum absolute atomic E-state index is 0.269. The molecule has 0 radical (unpaired) electrons. The summed E-state index contributed by atoms with van der Waals surface area (Å²) in [6.45, 7) is 6.38. The highest BCUT2D eigenvalue weighted by Crippen LogP contribution is 2.09. The second kappa shape index (κ2) is 8.92. The highest BCUT2D eigenvalue weighted by atomic mass is 16.5. The summed E-state index contributed by atoms with van der Waals surface area (Å²) >= 11 is 0. The minimum Gasteiger partial charge on any atom is -0.457 e. The Balaban J connectivity index is 0.000000956. The van der Waals surface area contributed by atoms with Crippen LogP contribution in [0.3, 0.4) is 0 Å². The fourth-order valence-corrected chi connectivity index (χ4v) is 1.72. The summed E-state index contributed by atoms with van der Waals surface area (Å²) in [4.78, 5) is 11.9. The molecule has 0 fully saturated rings. The number of esters is 1. The van der Waals surface area contributed by atoms with Gasteiger partial charge in [-0.05, 0) is 29.7 Å². The van der Waals surface area contributed by atoms with E-state index in [2.05, 4.69) is 6.92 Å². The monoisotopic (exact) mass is 270 g/mol. The lowest BCUT2D eigenvalue weighted by Crippen LogP contribution is -2.05. The molecule has 0 saturated carbocycles. The normalized spacial score (nSPS) is 9.35. The van der Waals surface area contributed by atoms with Gasteiger partial charge < -0.3 is 4.74 Å². The highest BCUT2D eigenvalue weighted by Gasteiger charge is 2.07. The van der Waals surface area contributed by atoms with Crippen LogP contribution in [0.5, 0.6) is 0 Å². The molecule has 0 aliphatic rings. The molecule has 2 rings (SSSR count). The Bertz CT molecular complexity index is 518. The predicted octanol–water partition coefficient (Wildman–Crippen LogP) is 4.63. The van der Waals surface area contributed by atoms with Crippen molar-refractivity contribution in [2.24, 2.45) is 0 Å². The molecule has 2 aromatic rings. The van der Waals surface area contributed by atoms with Crippen LogP contribution in [0.15, 0.2) is 54.6 Å². The second-order valence-corrected chi connectivity index (χ2v) is 4.12. The lowest BCUT2D eigenvalue weighted by Gasteiger charge is -2.06. The van der Waals surface area contributed by atoms with Crippen LogP contribution in [-0.2, 0) is 17.8 Å². The van der Waals surface area contributed by atoms with E-state index in [0.29, 0.717) is 12.2 Å². The number of benzene rings is 2. The van der Waals surface area contributed by atoms with Crippen molar-refractivity contribution in [2.45, 2.75) is 33.8 Å². The molecule has 106 valence electrons. The van der Waals surface area contributed by atoms with Crippen molar-refractivity contribution in [3.8, 4) is 0 Å². The molecule has 0 spiro atoms. The Hall–Kier alpha value is -2.09. The van der Waals surface area contributed by atoms with Crippen LogP contribution < -0.4 is 0 Å². The Kier molecular flexibility index (Phi) is 7.12. The van der Waals surface area contributed by atoms with E-state index in [1.807, 2.05) is 62.4 Å². The number of rotatable bonds is 4. The fourth-order valence-electron chi connectivity index (χ4n) is 1.72. The summed E-state index contributed by atoms with van der Waals surface area (Å²) in [6.07, 6.45) is 0.916. The van der Waals surface area contributed by atoms with Gasteiger partial charge in [0, 0.05) is 0 Å². The van der Waals surface area contributed by atoms with Gasteiger partial charge in [-0.1, -0.05) is 63.2 Å². The van der Waals surface area contributed by atoms with Crippen molar-refractivity contribution in [2.75, 3.05) is 0 Å². The van der Waals surface area contributed by atoms with Crippen LogP contribution in [0, 0.1) is 0 Å². The van der Waals surface area contributed by atoms with Gasteiger partial charge in [-0.2, -0.15) is 0 Å². The number of ether oxygens (including phenoxy) is 1. The molecule has 0 bridgehead atoms. The number of hydrogen-bond donors (Lipinski definition) is 0. The van der Waals surface area contributed by atoms with Gasteiger partial charge in [-0.3, -0.25) is 0 Å². The van der Waals surface area contributed by atoms with Crippen molar-refractivity contribution in [3.05, 3.63) is 71.3 Å². The molecular formula is C18H22O2. The Labute approximate surface area is 121 Å². The van der Waals surface area contributed by atoms with Gasteiger partial charge in [-0.15, -0.1) is 0 Å². The van der Waals surface area contributed by atoms with Gasteiger partial charge in [0.25, 0.3) is 0 Å². The van der Waals surface area contributed by atoms with Crippen LogP contribution in [0.4, 0.5) is 0 Å². The average molecular weight is 270 g/mol. The van der Waals surface area contributed by atoms with E-state index >= 15 is 0 Å². The molecule has 0 aliphatic heterocycles. The molecule has 0 aliphatic carbocycles. The van der Waals surface area contributed by atoms with Gasteiger partial charge >= 0.3 is 5.97 Å².